The van der Waals surface area contributed by atoms with E-state index in [1.54, 1.807) is 13.8 Å². The molecule has 0 aromatic heterocycles. The van der Waals surface area contributed by atoms with Crippen molar-refractivity contribution < 1.29 is 28.7 Å². The number of hydrogen-bond donors (Lipinski definition) is 0. The lowest BCUT2D eigenvalue weighted by Gasteiger charge is -2.16. The highest BCUT2D eigenvalue weighted by Crippen LogP contribution is 2.37. The molecular weight excluding hydrogens is 330 g/mol. The highest BCUT2D eigenvalue weighted by Gasteiger charge is 2.37. The predicted molar refractivity (Wildman–Crippen MR) is 80.7 cm³/mol. The van der Waals surface area contributed by atoms with Crippen LogP contribution in [-0.4, -0.2) is 37.2 Å². The highest BCUT2D eigenvalue weighted by atomic mass is 35.5. The number of ether oxygens (including phenoxy) is 3. The molecule has 0 saturated heterocycles. The molecule has 1 aromatic rings. The van der Waals surface area contributed by atoms with Crippen LogP contribution >= 0.6 is 11.6 Å². The number of hydrogen-bond acceptors (Lipinski definition) is 7. The largest absolute Gasteiger partial charge is 0.495 e. The summed E-state index contributed by atoms with van der Waals surface area (Å²) < 4.78 is 14.6. The quantitative estimate of drug-likeness (QED) is 0.323. The molecule has 0 aliphatic carbocycles. The number of nitrogens with zero attached hydrogens (tertiary/aromatic N) is 1. The smallest absolute Gasteiger partial charge is 0.325 e. The molecule has 0 atom stereocenters. The number of methoxy groups -OCH3 is 1. The van der Waals surface area contributed by atoms with Crippen molar-refractivity contribution in [1.29, 1.82) is 0 Å². The number of nitro benzene ring substituents is 1. The van der Waals surface area contributed by atoms with Gasteiger partial charge in [-0.3, -0.25) is 19.7 Å². The van der Waals surface area contributed by atoms with Crippen molar-refractivity contribution in [2.45, 2.75) is 19.8 Å². The summed E-state index contributed by atoms with van der Waals surface area (Å²) in [7, 11) is 1.31. The molecule has 0 aliphatic rings. The Morgan fingerprint density at radius 2 is 1.74 bits per heavy atom. The number of carbonyl (C=O) groups is 2. The minimum Gasteiger partial charge on any atom is -0.495 e. The van der Waals surface area contributed by atoms with Gasteiger partial charge in [-0.1, -0.05) is 11.6 Å². The van der Waals surface area contributed by atoms with Crippen LogP contribution in [0.15, 0.2) is 12.1 Å². The van der Waals surface area contributed by atoms with Gasteiger partial charge in [0, 0.05) is 6.07 Å². The molecule has 0 spiro atoms. The van der Waals surface area contributed by atoms with Crippen molar-refractivity contribution in [3.05, 3.63) is 32.8 Å². The average molecular weight is 346 g/mol. The molecule has 9 heteroatoms. The van der Waals surface area contributed by atoms with E-state index in [0.717, 1.165) is 6.07 Å². The van der Waals surface area contributed by atoms with Gasteiger partial charge in [-0.2, -0.15) is 0 Å². The van der Waals surface area contributed by atoms with E-state index in [1.807, 2.05) is 0 Å². The third-order valence-electron chi connectivity index (χ3n) is 2.85. The van der Waals surface area contributed by atoms with E-state index in [0.29, 0.717) is 0 Å². The first-order valence-corrected chi connectivity index (χ1v) is 7.10. The van der Waals surface area contributed by atoms with Crippen LogP contribution in [0.4, 0.5) is 5.69 Å². The maximum Gasteiger partial charge on any atom is 0.325 e. The number of benzene rings is 1. The zero-order valence-corrected chi connectivity index (χ0v) is 13.6. The molecule has 0 saturated carbocycles. The highest BCUT2D eigenvalue weighted by molar-refractivity contribution is 6.32. The molecule has 0 fully saturated rings. The monoisotopic (exact) mass is 345 g/mol. The Kier molecular flexibility index (Phi) is 6.77. The van der Waals surface area contributed by atoms with Crippen LogP contribution in [0.2, 0.25) is 5.02 Å². The molecule has 0 bridgehead atoms. The Bertz CT molecular complexity index is 599. The molecule has 0 heterocycles. The van der Waals surface area contributed by atoms with E-state index < -0.39 is 28.5 Å². The number of nitro groups is 1. The second-order valence-corrected chi connectivity index (χ2v) is 4.65. The molecule has 8 nitrogen and oxygen atoms in total. The first-order valence-electron chi connectivity index (χ1n) is 6.72. The van der Waals surface area contributed by atoms with Crippen molar-refractivity contribution in [1.82, 2.24) is 0 Å². The standard InChI is InChI=1S/C14H16ClNO7/c1-4-22-13(17)12(14(18)23-5-2)8-6-11(21-3)9(15)7-10(8)16(19)20/h6-7,12H,4-5H2,1-3H3. The number of halogens is 1. The van der Waals surface area contributed by atoms with Gasteiger partial charge in [0.2, 0.25) is 0 Å². The summed E-state index contributed by atoms with van der Waals surface area (Å²) in [5, 5.41) is 11.2. The molecular formula is C14H16ClNO7. The minimum atomic E-state index is -1.60. The maximum absolute atomic E-state index is 12.1. The van der Waals surface area contributed by atoms with Gasteiger partial charge in [-0.25, -0.2) is 0 Å². The summed E-state index contributed by atoms with van der Waals surface area (Å²) in [5.41, 5.74) is -0.699. The first-order chi connectivity index (χ1) is 10.9. The SMILES string of the molecule is CCOC(=O)C(C(=O)OCC)c1cc(OC)c(Cl)cc1[N+](=O)[O-]. The molecule has 1 rings (SSSR count). The van der Waals surface area contributed by atoms with E-state index >= 15 is 0 Å². The van der Waals surface area contributed by atoms with Crippen molar-refractivity contribution in [2.24, 2.45) is 0 Å². The molecule has 0 N–H and O–H groups in total. The van der Waals surface area contributed by atoms with Crippen LogP contribution in [0.1, 0.15) is 25.3 Å². The van der Waals surface area contributed by atoms with Crippen molar-refractivity contribution in [2.75, 3.05) is 20.3 Å². The van der Waals surface area contributed by atoms with Crippen molar-refractivity contribution in [3.63, 3.8) is 0 Å². The lowest BCUT2D eigenvalue weighted by atomic mass is 9.97. The lowest BCUT2D eigenvalue weighted by molar-refractivity contribution is -0.385. The Hall–Kier alpha value is -2.35. The van der Waals surface area contributed by atoms with E-state index in [4.69, 9.17) is 25.8 Å². The summed E-state index contributed by atoms with van der Waals surface area (Å²) >= 11 is 5.87. The molecule has 126 valence electrons. The topological polar surface area (TPSA) is 105 Å². The zero-order valence-electron chi connectivity index (χ0n) is 12.8. The predicted octanol–water partition coefficient (Wildman–Crippen LogP) is 2.47. The van der Waals surface area contributed by atoms with Crippen molar-refractivity contribution >= 4 is 29.2 Å². The second-order valence-electron chi connectivity index (χ2n) is 4.24. The second kappa shape index (κ2) is 8.33. The van der Waals surface area contributed by atoms with Gasteiger partial charge < -0.3 is 14.2 Å². The first kappa shape index (κ1) is 18.7. The third kappa shape index (κ3) is 4.32. The molecule has 0 amide bonds. The Morgan fingerprint density at radius 3 is 2.13 bits per heavy atom. The summed E-state index contributed by atoms with van der Waals surface area (Å²) in [6, 6.07) is 2.18. The summed E-state index contributed by atoms with van der Waals surface area (Å²) in [6.07, 6.45) is 0. The van der Waals surface area contributed by atoms with Crippen LogP contribution in [-0.2, 0) is 19.1 Å². The van der Waals surface area contributed by atoms with Gasteiger partial charge in [0.15, 0.2) is 5.92 Å². The third-order valence-corrected chi connectivity index (χ3v) is 3.15. The van der Waals surface area contributed by atoms with Gasteiger partial charge in [-0.05, 0) is 19.9 Å². The van der Waals surface area contributed by atoms with Crippen LogP contribution in [0.5, 0.6) is 5.75 Å². The Morgan fingerprint density at radius 1 is 1.22 bits per heavy atom. The van der Waals surface area contributed by atoms with Gasteiger partial charge in [0.1, 0.15) is 5.75 Å². The van der Waals surface area contributed by atoms with E-state index in [1.165, 1.54) is 13.2 Å². The summed E-state index contributed by atoms with van der Waals surface area (Å²) in [5.74, 6) is -3.40. The molecule has 0 unspecified atom stereocenters. The van der Waals surface area contributed by atoms with E-state index in [-0.39, 0.29) is 29.5 Å². The van der Waals surface area contributed by atoms with Crippen LogP contribution in [0.3, 0.4) is 0 Å². The van der Waals surface area contributed by atoms with Crippen molar-refractivity contribution in [3.8, 4) is 5.75 Å². The Labute approximate surface area is 137 Å². The summed E-state index contributed by atoms with van der Waals surface area (Å²) in [4.78, 5) is 34.7. The molecule has 1 aromatic carbocycles. The van der Waals surface area contributed by atoms with Gasteiger partial charge in [0.05, 0.1) is 35.8 Å². The fourth-order valence-corrected chi connectivity index (χ4v) is 2.14. The average Bonchev–Trinajstić information content (AvgIpc) is 2.48. The van der Waals surface area contributed by atoms with Crippen LogP contribution in [0.25, 0.3) is 0 Å². The van der Waals surface area contributed by atoms with Crippen LogP contribution < -0.4 is 4.74 Å². The molecule has 23 heavy (non-hydrogen) atoms. The van der Waals surface area contributed by atoms with Gasteiger partial charge in [0.25, 0.3) is 5.69 Å². The number of rotatable bonds is 7. The molecule has 0 aliphatic heterocycles. The zero-order chi connectivity index (χ0) is 17.6. The van der Waals surface area contributed by atoms with E-state index in [2.05, 4.69) is 0 Å². The normalized spacial score (nSPS) is 10.3. The number of esters is 2. The Balaban J connectivity index is 3.52. The maximum atomic E-state index is 12.1. The van der Waals surface area contributed by atoms with E-state index in [9.17, 15) is 19.7 Å². The fraction of sp³-hybridized carbons (Fsp3) is 0.429. The van der Waals surface area contributed by atoms with Gasteiger partial charge >= 0.3 is 11.9 Å². The number of carbonyl (C=O) groups excluding carboxylic acids is 2. The fourth-order valence-electron chi connectivity index (χ4n) is 1.91. The molecule has 0 radical (unpaired) electrons. The summed E-state index contributed by atoms with van der Waals surface area (Å²) in [6.45, 7) is 3.12. The minimum absolute atomic E-state index is 0.00720. The van der Waals surface area contributed by atoms with Gasteiger partial charge in [-0.15, -0.1) is 0 Å². The lowest BCUT2D eigenvalue weighted by Crippen LogP contribution is -2.27. The van der Waals surface area contributed by atoms with Crippen LogP contribution in [0, 0.1) is 10.1 Å².